The summed E-state index contributed by atoms with van der Waals surface area (Å²) in [5, 5.41) is 0. The van der Waals surface area contributed by atoms with Crippen LogP contribution in [0.15, 0.2) is 18.2 Å². The van der Waals surface area contributed by atoms with Crippen LogP contribution >= 0.6 is 12.2 Å². The van der Waals surface area contributed by atoms with Gasteiger partial charge in [0.15, 0.2) is 0 Å². The van der Waals surface area contributed by atoms with Crippen molar-refractivity contribution in [2.24, 2.45) is 5.73 Å². The van der Waals surface area contributed by atoms with Crippen molar-refractivity contribution >= 4 is 22.9 Å². The van der Waals surface area contributed by atoms with E-state index in [0.29, 0.717) is 5.69 Å². The number of halogens is 3. The van der Waals surface area contributed by atoms with Crippen molar-refractivity contribution in [3.63, 3.8) is 0 Å². The maximum Gasteiger partial charge on any atom is 0.417 e. The van der Waals surface area contributed by atoms with E-state index < -0.39 is 11.7 Å². The van der Waals surface area contributed by atoms with Gasteiger partial charge in [0.2, 0.25) is 0 Å². The van der Waals surface area contributed by atoms with Crippen molar-refractivity contribution in [3.05, 3.63) is 29.3 Å². The summed E-state index contributed by atoms with van der Waals surface area (Å²) in [5.41, 5.74) is 5.22. The molecule has 6 heteroatoms. The Morgan fingerprint density at radius 2 is 1.95 bits per heavy atom. The maximum absolute atomic E-state index is 12.8. The molecule has 2 nitrogen and oxygen atoms in total. The number of rotatable bonds is 5. The Kier molecular flexibility index (Phi) is 5.17. The number of benzene rings is 1. The van der Waals surface area contributed by atoms with Gasteiger partial charge in [0.25, 0.3) is 0 Å². The molecule has 0 unspecified atom stereocenters. The van der Waals surface area contributed by atoms with Gasteiger partial charge in [-0.05, 0) is 31.5 Å². The fraction of sp³-hybridized carbons (Fsp3) is 0.462. The van der Waals surface area contributed by atoms with Gasteiger partial charge in [0, 0.05) is 24.3 Å². The molecule has 1 aromatic carbocycles. The number of hydrogen-bond donors (Lipinski definition) is 1. The van der Waals surface area contributed by atoms with Crippen LogP contribution in [0.4, 0.5) is 18.9 Å². The van der Waals surface area contributed by atoms with E-state index in [-0.39, 0.29) is 10.6 Å². The van der Waals surface area contributed by atoms with Crippen LogP contribution < -0.4 is 10.6 Å². The molecule has 0 aliphatic heterocycles. The highest BCUT2D eigenvalue weighted by Crippen LogP contribution is 2.34. The zero-order valence-electron chi connectivity index (χ0n) is 10.9. The van der Waals surface area contributed by atoms with Crippen LogP contribution in [0.25, 0.3) is 0 Å². The van der Waals surface area contributed by atoms with Gasteiger partial charge >= 0.3 is 6.18 Å². The maximum atomic E-state index is 12.8. The number of hydrogen-bond acceptors (Lipinski definition) is 2. The smallest absolute Gasteiger partial charge is 0.389 e. The molecular formula is C13H17F3N2S. The minimum Gasteiger partial charge on any atom is -0.389 e. The summed E-state index contributed by atoms with van der Waals surface area (Å²) >= 11 is 4.72. The third-order valence-corrected chi connectivity index (χ3v) is 3.03. The SMILES string of the molecule is CCCN(CC)c1ccc(C(F)(F)F)c(C(N)=S)c1. The first kappa shape index (κ1) is 15.8. The first-order valence-corrected chi connectivity index (χ1v) is 6.48. The highest BCUT2D eigenvalue weighted by Gasteiger charge is 2.34. The lowest BCUT2D eigenvalue weighted by Crippen LogP contribution is -2.25. The standard InChI is InChI=1S/C13H17F3N2S/c1-3-7-18(4-2)9-5-6-11(13(14,15)16)10(8-9)12(17)19/h5-6,8H,3-4,7H2,1-2H3,(H2,17,19). The van der Waals surface area contributed by atoms with Crippen LogP contribution in [0.3, 0.4) is 0 Å². The molecule has 0 aliphatic rings. The van der Waals surface area contributed by atoms with Crippen molar-refractivity contribution < 1.29 is 13.2 Å². The van der Waals surface area contributed by atoms with Gasteiger partial charge in [-0.25, -0.2) is 0 Å². The van der Waals surface area contributed by atoms with Crippen LogP contribution in [0, 0.1) is 0 Å². The third kappa shape index (κ3) is 3.83. The van der Waals surface area contributed by atoms with Crippen LogP contribution in [0.2, 0.25) is 0 Å². The Balaban J connectivity index is 3.27. The van der Waals surface area contributed by atoms with Crippen LogP contribution in [-0.4, -0.2) is 18.1 Å². The van der Waals surface area contributed by atoms with Crippen LogP contribution in [0.1, 0.15) is 31.4 Å². The third-order valence-electron chi connectivity index (χ3n) is 2.81. The van der Waals surface area contributed by atoms with Gasteiger partial charge < -0.3 is 10.6 Å². The Bertz CT molecular complexity index is 458. The highest BCUT2D eigenvalue weighted by molar-refractivity contribution is 7.80. The largest absolute Gasteiger partial charge is 0.417 e. The molecule has 106 valence electrons. The second kappa shape index (κ2) is 6.23. The number of thiocarbonyl (C=S) groups is 1. The molecule has 0 atom stereocenters. The van der Waals surface area contributed by atoms with E-state index in [1.807, 2.05) is 18.7 Å². The quantitative estimate of drug-likeness (QED) is 0.841. The number of alkyl halides is 3. The molecule has 0 radical (unpaired) electrons. The summed E-state index contributed by atoms with van der Waals surface area (Å²) in [6, 6.07) is 3.93. The summed E-state index contributed by atoms with van der Waals surface area (Å²) in [6.45, 7) is 5.46. The topological polar surface area (TPSA) is 29.3 Å². The molecule has 2 N–H and O–H groups in total. The van der Waals surface area contributed by atoms with E-state index in [0.717, 1.165) is 25.6 Å². The molecule has 19 heavy (non-hydrogen) atoms. The van der Waals surface area contributed by atoms with Crippen molar-refractivity contribution in [2.75, 3.05) is 18.0 Å². The summed E-state index contributed by atoms with van der Waals surface area (Å²) in [6.07, 6.45) is -3.53. The Hall–Kier alpha value is -1.30. The van der Waals surface area contributed by atoms with Gasteiger partial charge in [0.05, 0.1) is 5.56 Å². The molecule has 0 bridgehead atoms. The lowest BCUT2D eigenvalue weighted by Gasteiger charge is -2.24. The molecule has 0 aromatic heterocycles. The van der Waals surface area contributed by atoms with Crippen molar-refractivity contribution in [1.29, 1.82) is 0 Å². The molecule has 0 amide bonds. The Labute approximate surface area is 116 Å². The predicted molar refractivity (Wildman–Crippen MR) is 75.5 cm³/mol. The van der Waals surface area contributed by atoms with E-state index in [9.17, 15) is 13.2 Å². The number of nitrogens with two attached hydrogens (primary N) is 1. The molecule has 0 heterocycles. The minimum absolute atomic E-state index is 0.116. The predicted octanol–water partition coefficient (Wildman–Crippen LogP) is 3.58. The van der Waals surface area contributed by atoms with Gasteiger partial charge in [-0.2, -0.15) is 13.2 Å². The number of nitrogens with zero attached hydrogens (tertiary/aromatic N) is 1. The second-order valence-electron chi connectivity index (χ2n) is 4.17. The molecule has 1 aromatic rings. The van der Waals surface area contributed by atoms with Crippen LogP contribution in [-0.2, 0) is 6.18 Å². The summed E-state index contributed by atoms with van der Waals surface area (Å²) < 4.78 is 38.5. The van der Waals surface area contributed by atoms with Crippen molar-refractivity contribution in [1.82, 2.24) is 0 Å². The fourth-order valence-electron chi connectivity index (χ4n) is 1.92. The fourth-order valence-corrected chi connectivity index (χ4v) is 2.09. The lowest BCUT2D eigenvalue weighted by atomic mass is 10.1. The first-order valence-electron chi connectivity index (χ1n) is 6.07. The summed E-state index contributed by atoms with van der Waals surface area (Å²) in [7, 11) is 0. The molecule has 0 spiro atoms. The molecular weight excluding hydrogens is 273 g/mol. The average Bonchev–Trinajstić information content (AvgIpc) is 2.34. The summed E-state index contributed by atoms with van der Waals surface area (Å²) in [4.78, 5) is 1.75. The molecule has 0 saturated carbocycles. The van der Waals surface area contributed by atoms with Gasteiger partial charge in [-0.1, -0.05) is 19.1 Å². The molecule has 0 saturated heterocycles. The van der Waals surface area contributed by atoms with E-state index >= 15 is 0 Å². The molecule has 0 fully saturated rings. The first-order chi connectivity index (χ1) is 8.81. The molecule has 1 rings (SSSR count). The highest BCUT2D eigenvalue weighted by atomic mass is 32.1. The second-order valence-corrected chi connectivity index (χ2v) is 4.61. The lowest BCUT2D eigenvalue weighted by molar-refractivity contribution is -0.137. The Morgan fingerprint density at radius 3 is 2.37 bits per heavy atom. The zero-order chi connectivity index (χ0) is 14.6. The van der Waals surface area contributed by atoms with E-state index in [4.69, 9.17) is 18.0 Å². The van der Waals surface area contributed by atoms with E-state index in [1.165, 1.54) is 12.1 Å². The zero-order valence-corrected chi connectivity index (χ0v) is 11.7. The Morgan fingerprint density at radius 1 is 1.32 bits per heavy atom. The monoisotopic (exact) mass is 290 g/mol. The van der Waals surface area contributed by atoms with Gasteiger partial charge in [-0.15, -0.1) is 0 Å². The average molecular weight is 290 g/mol. The van der Waals surface area contributed by atoms with Gasteiger partial charge in [0.1, 0.15) is 4.99 Å². The van der Waals surface area contributed by atoms with Crippen molar-refractivity contribution in [3.8, 4) is 0 Å². The minimum atomic E-state index is -4.45. The number of anilines is 1. The van der Waals surface area contributed by atoms with Gasteiger partial charge in [-0.3, -0.25) is 0 Å². The van der Waals surface area contributed by atoms with E-state index in [2.05, 4.69) is 0 Å². The van der Waals surface area contributed by atoms with Crippen molar-refractivity contribution in [2.45, 2.75) is 26.4 Å². The summed E-state index contributed by atoms with van der Waals surface area (Å²) in [5.74, 6) is 0. The van der Waals surface area contributed by atoms with E-state index in [1.54, 1.807) is 0 Å². The van der Waals surface area contributed by atoms with Crippen LogP contribution in [0.5, 0.6) is 0 Å². The molecule has 0 aliphatic carbocycles. The normalized spacial score (nSPS) is 11.4.